The summed E-state index contributed by atoms with van der Waals surface area (Å²) in [5.74, 6) is 0. The van der Waals surface area contributed by atoms with Crippen molar-refractivity contribution in [2.75, 3.05) is 20.1 Å². The van der Waals surface area contributed by atoms with Crippen molar-refractivity contribution in [3.05, 3.63) is 18.5 Å². The van der Waals surface area contributed by atoms with Gasteiger partial charge in [0.25, 0.3) is 0 Å². The number of hydrogen-bond acceptors (Lipinski definition) is 3. The summed E-state index contributed by atoms with van der Waals surface area (Å²) in [7, 11) is 1.83. The molecule has 0 aliphatic rings. The summed E-state index contributed by atoms with van der Waals surface area (Å²) in [4.78, 5) is 11.1. The third-order valence-corrected chi connectivity index (χ3v) is 1.36. The fourth-order valence-corrected chi connectivity index (χ4v) is 0.764. The molecule has 66 valence electrons. The summed E-state index contributed by atoms with van der Waals surface area (Å²) in [5, 5.41) is 9.39. The monoisotopic (exact) mass is 168 g/mol. The van der Waals surface area contributed by atoms with Gasteiger partial charge in [-0.05, 0) is 13.1 Å². The Morgan fingerprint density at radius 1 is 1.58 bits per heavy atom. The molecule has 0 aromatic carbocycles. The van der Waals surface area contributed by atoms with E-state index in [-0.39, 0.29) is 6.03 Å². The number of nitrogens with zero attached hydrogens (tertiary/aromatic N) is 2. The molecule has 0 fully saturated rings. The maximum Gasteiger partial charge on any atom is 0.342 e. The molecular formula is C7H12N4O. The summed E-state index contributed by atoms with van der Waals surface area (Å²) >= 11 is 0. The summed E-state index contributed by atoms with van der Waals surface area (Å²) in [6, 6.07) is 1.51. The Balaban J connectivity index is 2.30. The number of likely N-dealkylation sites (N-methyl/N-ethyl adjacent to an activating group) is 1. The molecule has 0 aliphatic carbocycles. The Bertz CT molecular complexity index is 232. The van der Waals surface area contributed by atoms with Crippen molar-refractivity contribution in [3.8, 4) is 0 Å². The molecule has 0 spiro atoms. The number of hydrogen-bond donors (Lipinski definition) is 2. The van der Waals surface area contributed by atoms with Crippen LogP contribution in [0.5, 0.6) is 0 Å². The van der Waals surface area contributed by atoms with Crippen LogP contribution in [0.1, 0.15) is 0 Å². The van der Waals surface area contributed by atoms with Gasteiger partial charge in [-0.2, -0.15) is 9.78 Å². The first-order valence-corrected chi connectivity index (χ1v) is 3.77. The highest BCUT2D eigenvalue weighted by atomic mass is 16.2. The minimum Gasteiger partial charge on any atom is -0.335 e. The SMILES string of the molecule is CNCCNC(=O)n1cccn1. The minimum absolute atomic E-state index is 0.199. The second-order valence-corrected chi connectivity index (χ2v) is 2.29. The summed E-state index contributed by atoms with van der Waals surface area (Å²) in [5.41, 5.74) is 0. The van der Waals surface area contributed by atoms with Gasteiger partial charge in [-0.25, -0.2) is 4.79 Å². The number of rotatable bonds is 3. The molecule has 1 aromatic rings. The van der Waals surface area contributed by atoms with Crippen LogP contribution in [-0.2, 0) is 0 Å². The van der Waals surface area contributed by atoms with Crippen LogP contribution < -0.4 is 10.6 Å². The molecule has 2 N–H and O–H groups in total. The largest absolute Gasteiger partial charge is 0.342 e. The predicted octanol–water partition coefficient (Wildman–Crippen LogP) is -0.340. The molecule has 0 unspecified atom stereocenters. The molecule has 0 saturated heterocycles. The van der Waals surface area contributed by atoms with E-state index in [1.54, 1.807) is 18.5 Å². The lowest BCUT2D eigenvalue weighted by Gasteiger charge is -2.02. The average Bonchev–Trinajstić information content (AvgIpc) is 2.56. The van der Waals surface area contributed by atoms with Crippen LogP contribution in [0, 0.1) is 0 Å². The number of aromatic nitrogens is 2. The van der Waals surface area contributed by atoms with E-state index in [1.807, 2.05) is 7.05 Å². The molecule has 1 rings (SSSR count). The van der Waals surface area contributed by atoms with Crippen molar-refractivity contribution in [3.63, 3.8) is 0 Å². The van der Waals surface area contributed by atoms with Crippen LogP contribution in [0.2, 0.25) is 0 Å². The Hall–Kier alpha value is -1.36. The third-order valence-electron chi connectivity index (χ3n) is 1.36. The average molecular weight is 168 g/mol. The number of amides is 1. The molecule has 12 heavy (non-hydrogen) atoms. The third kappa shape index (κ3) is 2.35. The minimum atomic E-state index is -0.199. The van der Waals surface area contributed by atoms with Crippen molar-refractivity contribution >= 4 is 6.03 Å². The van der Waals surface area contributed by atoms with E-state index in [0.29, 0.717) is 6.54 Å². The first kappa shape index (κ1) is 8.73. The zero-order chi connectivity index (χ0) is 8.81. The van der Waals surface area contributed by atoms with E-state index in [9.17, 15) is 4.79 Å². The topological polar surface area (TPSA) is 58.9 Å². The van der Waals surface area contributed by atoms with Gasteiger partial charge in [-0.15, -0.1) is 0 Å². The molecular weight excluding hydrogens is 156 g/mol. The highest BCUT2D eigenvalue weighted by Crippen LogP contribution is 1.81. The molecule has 0 radical (unpaired) electrons. The second kappa shape index (κ2) is 4.50. The molecule has 5 heteroatoms. The zero-order valence-corrected chi connectivity index (χ0v) is 6.95. The first-order chi connectivity index (χ1) is 5.84. The van der Waals surface area contributed by atoms with Gasteiger partial charge in [0, 0.05) is 25.5 Å². The zero-order valence-electron chi connectivity index (χ0n) is 6.95. The lowest BCUT2D eigenvalue weighted by Crippen LogP contribution is -2.33. The van der Waals surface area contributed by atoms with Gasteiger partial charge >= 0.3 is 6.03 Å². The molecule has 1 aromatic heterocycles. The standard InChI is InChI=1S/C7H12N4O/c1-8-4-5-9-7(12)11-6-2-3-10-11/h2-3,6,8H,4-5H2,1H3,(H,9,12). The van der Waals surface area contributed by atoms with Crippen molar-refractivity contribution in [2.45, 2.75) is 0 Å². The van der Waals surface area contributed by atoms with E-state index in [1.165, 1.54) is 4.68 Å². The maximum atomic E-state index is 11.1. The van der Waals surface area contributed by atoms with E-state index in [2.05, 4.69) is 15.7 Å². The number of carbonyl (C=O) groups excluding carboxylic acids is 1. The first-order valence-electron chi connectivity index (χ1n) is 3.77. The summed E-state index contributed by atoms with van der Waals surface area (Å²) in [6.07, 6.45) is 3.17. The highest BCUT2D eigenvalue weighted by Gasteiger charge is 2.00. The highest BCUT2D eigenvalue weighted by molar-refractivity contribution is 5.75. The Labute approximate surface area is 70.8 Å². The number of carbonyl (C=O) groups is 1. The Kier molecular flexibility index (Phi) is 3.28. The predicted molar refractivity (Wildman–Crippen MR) is 45.0 cm³/mol. The van der Waals surface area contributed by atoms with Crippen molar-refractivity contribution in [1.82, 2.24) is 20.4 Å². The maximum absolute atomic E-state index is 11.1. The lowest BCUT2D eigenvalue weighted by atomic mass is 10.6. The van der Waals surface area contributed by atoms with E-state index < -0.39 is 0 Å². The van der Waals surface area contributed by atoms with Gasteiger partial charge in [0.2, 0.25) is 0 Å². The van der Waals surface area contributed by atoms with Crippen LogP contribution in [0.4, 0.5) is 4.79 Å². The second-order valence-electron chi connectivity index (χ2n) is 2.29. The normalized spacial score (nSPS) is 9.75. The Morgan fingerprint density at radius 3 is 3.00 bits per heavy atom. The van der Waals surface area contributed by atoms with Gasteiger partial charge in [-0.3, -0.25) is 0 Å². The lowest BCUT2D eigenvalue weighted by molar-refractivity contribution is 0.239. The van der Waals surface area contributed by atoms with Gasteiger partial charge in [0.05, 0.1) is 0 Å². The molecule has 1 heterocycles. The number of nitrogens with one attached hydrogen (secondary N) is 2. The fourth-order valence-electron chi connectivity index (χ4n) is 0.764. The summed E-state index contributed by atoms with van der Waals surface area (Å²) < 4.78 is 1.26. The van der Waals surface area contributed by atoms with Crippen molar-refractivity contribution < 1.29 is 4.79 Å². The van der Waals surface area contributed by atoms with Gasteiger partial charge in [-0.1, -0.05) is 0 Å². The van der Waals surface area contributed by atoms with Crippen LogP contribution in [-0.4, -0.2) is 35.9 Å². The molecule has 1 amide bonds. The summed E-state index contributed by atoms with van der Waals surface area (Å²) in [6.45, 7) is 1.36. The van der Waals surface area contributed by atoms with E-state index in [4.69, 9.17) is 0 Å². The van der Waals surface area contributed by atoms with Crippen LogP contribution in [0.25, 0.3) is 0 Å². The molecule has 0 aliphatic heterocycles. The van der Waals surface area contributed by atoms with Gasteiger partial charge < -0.3 is 10.6 Å². The van der Waals surface area contributed by atoms with Crippen LogP contribution >= 0.6 is 0 Å². The van der Waals surface area contributed by atoms with Gasteiger partial charge in [0.1, 0.15) is 0 Å². The van der Waals surface area contributed by atoms with Crippen molar-refractivity contribution in [2.24, 2.45) is 0 Å². The fraction of sp³-hybridized carbons (Fsp3) is 0.429. The molecule has 0 saturated carbocycles. The van der Waals surface area contributed by atoms with Crippen molar-refractivity contribution in [1.29, 1.82) is 0 Å². The van der Waals surface area contributed by atoms with E-state index >= 15 is 0 Å². The van der Waals surface area contributed by atoms with Gasteiger partial charge in [0.15, 0.2) is 0 Å². The van der Waals surface area contributed by atoms with Crippen LogP contribution in [0.15, 0.2) is 18.5 Å². The van der Waals surface area contributed by atoms with Crippen LogP contribution in [0.3, 0.4) is 0 Å². The molecule has 5 nitrogen and oxygen atoms in total. The smallest absolute Gasteiger partial charge is 0.335 e. The quantitative estimate of drug-likeness (QED) is 0.607. The molecule has 0 bridgehead atoms. The molecule has 0 atom stereocenters. The van der Waals surface area contributed by atoms with E-state index in [0.717, 1.165) is 6.54 Å². The Morgan fingerprint density at radius 2 is 2.42 bits per heavy atom.